The number of alkyl halides is 3. The zero-order valence-corrected chi connectivity index (χ0v) is 19.1. The SMILES string of the molecule is O=C(O)CNc1ccc2c(-c3ccc(C(=O)O)cc3F)nn(C(=O)c3c(Cl)cccc3C(F)(F)F)c2c1. The van der Waals surface area contributed by atoms with Crippen LogP contribution in [0.5, 0.6) is 0 Å². The average Bonchev–Trinajstić information content (AvgIpc) is 3.20. The summed E-state index contributed by atoms with van der Waals surface area (Å²) in [5, 5.41) is 24.3. The maximum Gasteiger partial charge on any atom is 0.417 e. The molecule has 1 aromatic heterocycles. The summed E-state index contributed by atoms with van der Waals surface area (Å²) in [4.78, 5) is 35.5. The lowest BCUT2D eigenvalue weighted by Crippen LogP contribution is -2.20. The molecule has 0 spiro atoms. The summed E-state index contributed by atoms with van der Waals surface area (Å²) in [7, 11) is 0. The number of hydrogen-bond acceptors (Lipinski definition) is 5. The van der Waals surface area contributed by atoms with Crippen LogP contribution in [0.15, 0.2) is 54.6 Å². The molecule has 13 heteroatoms. The Labute approximate surface area is 209 Å². The summed E-state index contributed by atoms with van der Waals surface area (Å²) in [6.45, 7) is -0.505. The number of carboxylic acids is 2. The highest BCUT2D eigenvalue weighted by Crippen LogP contribution is 2.37. The van der Waals surface area contributed by atoms with Gasteiger partial charge in [0.05, 0.1) is 27.2 Å². The van der Waals surface area contributed by atoms with Crippen molar-refractivity contribution >= 4 is 46.0 Å². The van der Waals surface area contributed by atoms with E-state index in [0.717, 1.165) is 30.3 Å². The van der Waals surface area contributed by atoms with E-state index in [1.807, 2.05) is 0 Å². The molecule has 0 bridgehead atoms. The van der Waals surface area contributed by atoms with Gasteiger partial charge in [0.25, 0.3) is 5.91 Å². The van der Waals surface area contributed by atoms with Crippen molar-refractivity contribution in [2.24, 2.45) is 0 Å². The van der Waals surface area contributed by atoms with Crippen LogP contribution in [0.2, 0.25) is 5.02 Å². The third kappa shape index (κ3) is 4.96. The molecular formula is C24H14ClF4N3O5. The van der Waals surface area contributed by atoms with E-state index in [4.69, 9.17) is 21.8 Å². The highest BCUT2D eigenvalue weighted by molar-refractivity contribution is 6.34. The first-order valence-electron chi connectivity index (χ1n) is 10.3. The van der Waals surface area contributed by atoms with Gasteiger partial charge in [-0.25, -0.2) is 9.18 Å². The quantitative estimate of drug-likeness (QED) is 0.283. The van der Waals surface area contributed by atoms with Crippen LogP contribution in [-0.4, -0.2) is 44.4 Å². The van der Waals surface area contributed by atoms with Gasteiger partial charge in [-0.15, -0.1) is 0 Å². The number of carbonyl (C=O) groups excluding carboxylic acids is 1. The third-order valence-corrected chi connectivity index (χ3v) is 5.64. The van der Waals surface area contributed by atoms with Crippen molar-refractivity contribution in [3.05, 3.63) is 82.1 Å². The Balaban J connectivity index is 1.97. The maximum atomic E-state index is 14.9. The van der Waals surface area contributed by atoms with E-state index >= 15 is 0 Å². The van der Waals surface area contributed by atoms with E-state index in [2.05, 4.69) is 10.4 Å². The van der Waals surface area contributed by atoms with Gasteiger partial charge in [0.2, 0.25) is 0 Å². The lowest BCUT2D eigenvalue weighted by molar-refractivity contribution is -0.138. The molecule has 1 heterocycles. The van der Waals surface area contributed by atoms with E-state index in [-0.39, 0.29) is 33.4 Å². The van der Waals surface area contributed by atoms with Crippen LogP contribution in [0.4, 0.5) is 23.2 Å². The second kappa shape index (κ2) is 9.54. The molecule has 0 amide bonds. The van der Waals surface area contributed by atoms with Crippen LogP contribution in [0.25, 0.3) is 22.2 Å². The molecule has 0 fully saturated rings. The molecule has 3 aromatic carbocycles. The molecule has 0 unspecified atom stereocenters. The van der Waals surface area contributed by atoms with Crippen molar-refractivity contribution in [3.63, 3.8) is 0 Å². The molecule has 4 aromatic rings. The van der Waals surface area contributed by atoms with Crippen LogP contribution >= 0.6 is 11.6 Å². The van der Waals surface area contributed by atoms with Crippen molar-refractivity contribution in [1.29, 1.82) is 0 Å². The largest absolute Gasteiger partial charge is 0.480 e. The van der Waals surface area contributed by atoms with E-state index in [9.17, 15) is 31.9 Å². The van der Waals surface area contributed by atoms with E-state index in [1.165, 1.54) is 18.2 Å². The monoisotopic (exact) mass is 535 g/mol. The summed E-state index contributed by atoms with van der Waals surface area (Å²) in [6.07, 6.45) is -4.94. The van der Waals surface area contributed by atoms with Gasteiger partial charge in [-0.1, -0.05) is 17.7 Å². The van der Waals surface area contributed by atoms with E-state index in [0.29, 0.717) is 10.7 Å². The van der Waals surface area contributed by atoms with Crippen LogP contribution in [0.1, 0.15) is 26.3 Å². The molecule has 3 N–H and O–H groups in total. The van der Waals surface area contributed by atoms with Crippen LogP contribution in [-0.2, 0) is 11.0 Å². The Bertz CT molecular complexity index is 1580. The topological polar surface area (TPSA) is 122 Å². The second-order valence-corrected chi connectivity index (χ2v) is 8.11. The summed E-state index contributed by atoms with van der Waals surface area (Å²) in [6, 6.07) is 9.80. The standard InChI is InChI=1S/C24H14ClF4N3O5/c25-16-3-1-2-15(24(27,28)29)20(16)22(35)32-18-9-12(30-10-19(33)34)5-7-14(18)21(31-32)13-6-4-11(23(36)37)8-17(13)26/h1-9,30H,10H2,(H,33,34)(H,36,37). The molecule has 0 aliphatic rings. The molecule has 0 saturated heterocycles. The number of aliphatic carboxylic acids is 1. The smallest absolute Gasteiger partial charge is 0.417 e. The first kappa shape index (κ1) is 25.6. The Kier molecular flexibility index (Phi) is 6.61. The summed E-state index contributed by atoms with van der Waals surface area (Å²) in [5.41, 5.74) is -2.83. The number of fused-ring (bicyclic) bond motifs is 1. The number of carboxylic acid groups (broad SMARTS) is 2. The Morgan fingerprint density at radius 1 is 1.03 bits per heavy atom. The number of carbonyl (C=O) groups is 3. The maximum absolute atomic E-state index is 14.9. The Morgan fingerprint density at radius 3 is 2.38 bits per heavy atom. The number of aromatic nitrogens is 2. The molecule has 0 radical (unpaired) electrons. The Hall–Kier alpha value is -4.45. The van der Waals surface area contributed by atoms with Gasteiger partial charge in [0.15, 0.2) is 0 Å². The van der Waals surface area contributed by atoms with Crippen molar-refractivity contribution in [3.8, 4) is 11.3 Å². The van der Waals surface area contributed by atoms with Crippen molar-refractivity contribution < 1.29 is 42.2 Å². The fourth-order valence-electron chi connectivity index (χ4n) is 3.68. The van der Waals surface area contributed by atoms with Crippen LogP contribution in [0, 0.1) is 5.82 Å². The summed E-state index contributed by atoms with van der Waals surface area (Å²) >= 11 is 5.99. The van der Waals surface area contributed by atoms with Crippen LogP contribution in [0.3, 0.4) is 0 Å². The molecule has 190 valence electrons. The number of hydrogen-bond donors (Lipinski definition) is 3. The minimum Gasteiger partial charge on any atom is -0.480 e. The summed E-state index contributed by atoms with van der Waals surface area (Å²) in [5.74, 6) is -4.85. The lowest BCUT2D eigenvalue weighted by atomic mass is 10.0. The first-order valence-corrected chi connectivity index (χ1v) is 10.7. The van der Waals surface area contributed by atoms with Crippen molar-refractivity contribution in [1.82, 2.24) is 9.78 Å². The van der Waals surface area contributed by atoms with Gasteiger partial charge in [-0.2, -0.15) is 23.0 Å². The number of benzene rings is 3. The second-order valence-electron chi connectivity index (χ2n) is 7.70. The number of rotatable bonds is 6. The Morgan fingerprint density at radius 2 is 1.76 bits per heavy atom. The average molecular weight is 536 g/mol. The number of halogens is 5. The van der Waals surface area contributed by atoms with Crippen molar-refractivity contribution in [2.75, 3.05) is 11.9 Å². The number of aromatic carboxylic acids is 1. The predicted octanol–water partition coefficient (Wildman–Crippen LogP) is 5.40. The normalized spacial score (nSPS) is 11.5. The number of nitrogens with zero attached hydrogens (tertiary/aromatic N) is 2. The molecule has 0 aliphatic heterocycles. The fourth-order valence-corrected chi connectivity index (χ4v) is 3.94. The molecule has 4 rings (SSSR count). The highest BCUT2D eigenvalue weighted by Gasteiger charge is 2.37. The molecule has 0 aliphatic carbocycles. The summed E-state index contributed by atoms with van der Waals surface area (Å²) < 4.78 is 56.5. The third-order valence-electron chi connectivity index (χ3n) is 5.32. The van der Waals surface area contributed by atoms with Crippen molar-refractivity contribution in [2.45, 2.75) is 6.18 Å². The first-order chi connectivity index (χ1) is 17.4. The van der Waals surface area contributed by atoms with Gasteiger partial charge in [0, 0.05) is 16.6 Å². The molecule has 0 saturated carbocycles. The highest BCUT2D eigenvalue weighted by atomic mass is 35.5. The number of anilines is 1. The molecule has 0 atom stereocenters. The fraction of sp³-hybridized carbons (Fsp3) is 0.0833. The van der Waals surface area contributed by atoms with Gasteiger partial charge in [-0.05, 0) is 48.5 Å². The van der Waals surface area contributed by atoms with Gasteiger partial charge >= 0.3 is 18.1 Å². The van der Waals surface area contributed by atoms with Gasteiger partial charge in [0.1, 0.15) is 18.1 Å². The van der Waals surface area contributed by atoms with Gasteiger partial charge < -0.3 is 15.5 Å². The van der Waals surface area contributed by atoms with E-state index < -0.39 is 52.5 Å². The zero-order chi connectivity index (χ0) is 27.1. The minimum atomic E-state index is -4.94. The van der Waals surface area contributed by atoms with Crippen LogP contribution < -0.4 is 5.32 Å². The predicted molar refractivity (Wildman–Crippen MR) is 124 cm³/mol. The molecule has 37 heavy (non-hydrogen) atoms. The lowest BCUT2D eigenvalue weighted by Gasteiger charge is -2.13. The zero-order valence-electron chi connectivity index (χ0n) is 18.3. The van der Waals surface area contributed by atoms with Gasteiger partial charge in [-0.3, -0.25) is 9.59 Å². The number of nitrogens with one attached hydrogen (secondary N) is 1. The molecule has 8 nitrogen and oxygen atoms in total. The minimum absolute atomic E-state index is 0.0786. The van der Waals surface area contributed by atoms with E-state index in [1.54, 1.807) is 0 Å². The molecular weight excluding hydrogens is 522 g/mol.